The Morgan fingerprint density at radius 2 is 1.91 bits per heavy atom. The lowest BCUT2D eigenvalue weighted by Crippen LogP contribution is -2.45. The summed E-state index contributed by atoms with van der Waals surface area (Å²) in [6, 6.07) is 3.64. The van der Waals surface area contributed by atoms with E-state index in [0.717, 1.165) is 50.4 Å². The summed E-state index contributed by atoms with van der Waals surface area (Å²) in [6.07, 6.45) is 1.76. The number of piperazine rings is 1. The van der Waals surface area contributed by atoms with Crippen molar-refractivity contribution in [1.82, 2.24) is 14.1 Å². The van der Waals surface area contributed by atoms with Crippen LogP contribution < -0.4 is 0 Å². The number of rotatable bonds is 7. The maximum atomic E-state index is 12.5. The van der Waals surface area contributed by atoms with Gasteiger partial charge >= 0.3 is 0 Å². The Labute approximate surface area is 138 Å². The molecule has 0 N–H and O–H groups in total. The molecule has 2 rings (SSSR count). The number of likely N-dealkylation sites (N-methyl/N-ethyl adjacent to an activating group) is 1. The van der Waals surface area contributed by atoms with Gasteiger partial charge < -0.3 is 9.80 Å². The Balaban J connectivity index is 1.82. The lowest BCUT2D eigenvalue weighted by Gasteiger charge is -2.32. The SMILES string of the molecule is CCc1ccc(S(=O)(=O)N(C)CCCN2CCN(C)CC2)s1. The van der Waals surface area contributed by atoms with Crippen molar-refractivity contribution >= 4 is 21.4 Å². The fourth-order valence-electron chi connectivity index (χ4n) is 2.55. The molecular weight excluding hydrogens is 318 g/mol. The Hall–Kier alpha value is -0.470. The average Bonchev–Trinajstić information content (AvgIpc) is 2.99. The van der Waals surface area contributed by atoms with Crippen molar-refractivity contribution in [3.63, 3.8) is 0 Å². The summed E-state index contributed by atoms with van der Waals surface area (Å²) in [7, 11) is 0.512. The van der Waals surface area contributed by atoms with Crippen LogP contribution in [0.3, 0.4) is 0 Å². The molecule has 5 nitrogen and oxygen atoms in total. The summed E-state index contributed by atoms with van der Waals surface area (Å²) in [5.74, 6) is 0. The van der Waals surface area contributed by atoms with Gasteiger partial charge in [0.25, 0.3) is 10.0 Å². The molecule has 0 aliphatic carbocycles. The highest BCUT2D eigenvalue weighted by Gasteiger charge is 2.22. The van der Waals surface area contributed by atoms with Crippen LogP contribution in [-0.4, -0.2) is 75.9 Å². The van der Waals surface area contributed by atoms with Crippen LogP contribution in [0.15, 0.2) is 16.3 Å². The number of sulfonamides is 1. The quantitative estimate of drug-likeness (QED) is 0.752. The summed E-state index contributed by atoms with van der Waals surface area (Å²) >= 11 is 1.38. The first-order valence-electron chi connectivity index (χ1n) is 7.89. The first-order chi connectivity index (χ1) is 10.4. The van der Waals surface area contributed by atoms with Crippen molar-refractivity contribution in [2.75, 3.05) is 53.4 Å². The minimum atomic E-state index is -3.31. The highest BCUT2D eigenvalue weighted by Crippen LogP contribution is 2.24. The predicted molar refractivity (Wildman–Crippen MR) is 92.1 cm³/mol. The van der Waals surface area contributed by atoms with Crippen molar-refractivity contribution in [2.45, 2.75) is 24.0 Å². The lowest BCUT2D eigenvalue weighted by atomic mass is 10.3. The van der Waals surface area contributed by atoms with E-state index in [9.17, 15) is 8.42 Å². The van der Waals surface area contributed by atoms with Gasteiger partial charge in [-0.2, -0.15) is 0 Å². The van der Waals surface area contributed by atoms with Crippen LogP contribution in [-0.2, 0) is 16.4 Å². The van der Waals surface area contributed by atoms with Gasteiger partial charge in [0.15, 0.2) is 0 Å². The molecule has 1 fully saturated rings. The van der Waals surface area contributed by atoms with Crippen LogP contribution >= 0.6 is 11.3 Å². The van der Waals surface area contributed by atoms with E-state index in [2.05, 4.69) is 16.8 Å². The van der Waals surface area contributed by atoms with E-state index in [-0.39, 0.29) is 0 Å². The molecule has 0 unspecified atom stereocenters. The van der Waals surface area contributed by atoms with E-state index in [1.165, 1.54) is 15.6 Å². The molecule has 22 heavy (non-hydrogen) atoms. The Morgan fingerprint density at radius 1 is 1.23 bits per heavy atom. The Kier molecular flexibility index (Phi) is 6.40. The largest absolute Gasteiger partial charge is 0.304 e. The van der Waals surface area contributed by atoms with Gasteiger partial charge in [0.2, 0.25) is 0 Å². The molecule has 1 aliphatic heterocycles. The number of nitrogens with zero attached hydrogens (tertiary/aromatic N) is 3. The molecule has 1 saturated heterocycles. The van der Waals surface area contributed by atoms with Crippen LogP contribution in [0, 0.1) is 0 Å². The van der Waals surface area contributed by atoms with E-state index in [1.54, 1.807) is 13.1 Å². The fraction of sp³-hybridized carbons (Fsp3) is 0.733. The van der Waals surface area contributed by atoms with Gasteiger partial charge in [0.1, 0.15) is 4.21 Å². The number of thiophene rings is 1. The first kappa shape index (κ1) is 17.9. The molecule has 0 atom stereocenters. The van der Waals surface area contributed by atoms with E-state index >= 15 is 0 Å². The summed E-state index contributed by atoms with van der Waals surface area (Å²) in [4.78, 5) is 5.86. The Morgan fingerprint density at radius 3 is 2.50 bits per heavy atom. The summed E-state index contributed by atoms with van der Waals surface area (Å²) in [6.45, 7) is 7.95. The minimum absolute atomic E-state index is 0.464. The van der Waals surface area contributed by atoms with Gasteiger partial charge in [-0.15, -0.1) is 11.3 Å². The van der Waals surface area contributed by atoms with Gasteiger partial charge in [-0.05, 0) is 38.6 Å². The van der Waals surface area contributed by atoms with Gasteiger partial charge in [-0.1, -0.05) is 6.92 Å². The number of hydrogen-bond acceptors (Lipinski definition) is 5. The van der Waals surface area contributed by atoms with Crippen molar-refractivity contribution in [3.8, 4) is 0 Å². The van der Waals surface area contributed by atoms with Gasteiger partial charge in [-0.25, -0.2) is 12.7 Å². The van der Waals surface area contributed by atoms with Crippen LogP contribution in [0.2, 0.25) is 0 Å². The zero-order valence-corrected chi connectivity index (χ0v) is 15.4. The fourth-order valence-corrected chi connectivity index (χ4v) is 5.26. The van der Waals surface area contributed by atoms with E-state index in [4.69, 9.17) is 0 Å². The van der Waals surface area contributed by atoms with E-state index in [0.29, 0.717) is 10.8 Å². The van der Waals surface area contributed by atoms with E-state index < -0.39 is 10.0 Å². The van der Waals surface area contributed by atoms with Crippen molar-refractivity contribution in [3.05, 3.63) is 17.0 Å². The third kappa shape index (κ3) is 4.52. The van der Waals surface area contributed by atoms with E-state index in [1.807, 2.05) is 13.0 Å². The molecule has 1 aliphatic rings. The molecule has 2 heterocycles. The maximum Gasteiger partial charge on any atom is 0.252 e. The smallest absolute Gasteiger partial charge is 0.252 e. The summed E-state index contributed by atoms with van der Waals surface area (Å²) in [5.41, 5.74) is 0. The first-order valence-corrected chi connectivity index (χ1v) is 10.1. The third-order valence-electron chi connectivity index (χ3n) is 4.19. The average molecular weight is 346 g/mol. The van der Waals surface area contributed by atoms with Gasteiger partial charge in [-0.3, -0.25) is 0 Å². The highest BCUT2D eigenvalue weighted by atomic mass is 32.2. The zero-order chi connectivity index (χ0) is 16.2. The monoisotopic (exact) mass is 345 g/mol. The maximum absolute atomic E-state index is 12.5. The third-order valence-corrected chi connectivity index (χ3v) is 7.75. The van der Waals surface area contributed by atoms with Crippen LogP contribution in [0.25, 0.3) is 0 Å². The Bertz CT molecular complexity index is 563. The number of hydrogen-bond donors (Lipinski definition) is 0. The molecule has 0 aromatic carbocycles. The van der Waals surface area contributed by atoms with Gasteiger partial charge in [0.05, 0.1) is 0 Å². The van der Waals surface area contributed by atoms with Crippen LogP contribution in [0.1, 0.15) is 18.2 Å². The molecule has 0 bridgehead atoms. The topological polar surface area (TPSA) is 43.9 Å². The van der Waals surface area contributed by atoms with Crippen molar-refractivity contribution < 1.29 is 8.42 Å². The molecule has 1 aromatic rings. The molecular formula is C15H27N3O2S2. The molecule has 1 aromatic heterocycles. The second kappa shape index (κ2) is 7.88. The predicted octanol–water partition coefficient (Wildman–Crippen LogP) is 1.57. The van der Waals surface area contributed by atoms with Crippen molar-refractivity contribution in [2.24, 2.45) is 0 Å². The van der Waals surface area contributed by atoms with Crippen molar-refractivity contribution in [1.29, 1.82) is 0 Å². The molecule has 126 valence electrons. The molecule has 0 spiro atoms. The van der Waals surface area contributed by atoms with Crippen LogP contribution in [0.5, 0.6) is 0 Å². The second-order valence-electron chi connectivity index (χ2n) is 5.90. The highest BCUT2D eigenvalue weighted by molar-refractivity contribution is 7.91. The summed E-state index contributed by atoms with van der Waals surface area (Å²) in [5, 5.41) is 0. The normalized spacial score (nSPS) is 18.2. The number of aryl methyl sites for hydroxylation is 1. The molecule has 0 amide bonds. The summed E-state index contributed by atoms with van der Waals surface area (Å²) < 4.78 is 27.0. The zero-order valence-electron chi connectivity index (χ0n) is 13.8. The molecule has 0 saturated carbocycles. The standard InChI is InChI=1S/C15H27N3O2S2/c1-4-14-6-7-15(21-14)22(19,20)17(3)8-5-9-18-12-10-16(2)11-13-18/h6-7H,4-5,8-13H2,1-3H3. The van der Waals surface area contributed by atoms with Gasteiger partial charge in [0, 0.05) is 44.6 Å². The minimum Gasteiger partial charge on any atom is -0.304 e. The second-order valence-corrected chi connectivity index (χ2v) is 9.34. The van der Waals surface area contributed by atoms with Crippen LogP contribution in [0.4, 0.5) is 0 Å². The lowest BCUT2D eigenvalue weighted by molar-refractivity contribution is 0.151. The molecule has 7 heteroatoms. The molecule has 0 radical (unpaired) electrons.